The first-order valence-corrected chi connectivity index (χ1v) is 9.37. The molecular formula is C22H24N4O3. The highest BCUT2D eigenvalue weighted by molar-refractivity contribution is 5.93. The fourth-order valence-electron chi connectivity index (χ4n) is 2.64. The molecule has 0 aliphatic rings. The predicted octanol–water partition coefficient (Wildman–Crippen LogP) is 4.09. The summed E-state index contributed by atoms with van der Waals surface area (Å²) < 4.78 is 10.8. The van der Waals surface area contributed by atoms with Crippen molar-refractivity contribution in [3.63, 3.8) is 0 Å². The number of anilines is 2. The topological polar surface area (TPSA) is 85.4 Å². The molecule has 2 N–H and O–H groups in total. The van der Waals surface area contributed by atoms with Gasteiger partial charge in [0.1, 0.15) is 28.8 Å². The molecule has 29 heavy (non-hydrogen) atoms. The average Bonchev–Trinajstić information content (AvgIpc) is 2.73. The Kier molecular flexibility index (Phi) is 7.13. The molecule has 0 aliphatic heterocycles. The van der Waals surface area contributed by atoms with Crippen LogP contribution >= 0.6 is 0 Å². The van der Waals surface area contributed by atoms with E-state index in [-0.39, 0.29) is 5.91 Å². The van der Waals surface area contributed by atoms with Crippen LogP contribution in [0.5, 0.6) is 11.5 Å². The largest absolute Gasteiger partial charge is 0.457 e. The van der Waals surface area contributed by atoms with Gasteiger partial charge in [0.05, 0.1) is 0 Å². The third-order valence-electron chi connectivity index (χ3n) is 3.99. The number of ether oxygens (including phenoxy) is 2. The number of benzene rings is 2. The summed E-state index contributed by atoms with van der Waals surface area (Å²) in [5.74, 6) is 2.34. The lowest BCUT2D eigenvalue weighted by molar-refractivity contribution is 0.0943. The van der Waals surface area contributed by atoms with Gasteiger partial charge in [-0.25, -0.2) is 9.97 Å². The van der Waals surface area contributed by atoms with E-state index in [0.29, 0.717) is 30.5 Å². The number of aryl methyl sites for hydroxylation is 1. The molecule has 1 amide bonds. The van der Waals surface area contributed by atoms with Crippen molar-refractivity contribution in [2.24, 2.45) is 0 Å². The monoisotopic (exact) mass is 392 g/mol. The van der Waals surface area contributed by atoms with Crippen molar-refractivity contribution in [2.75, 3.05) is 25.6 Å². The molecule has 0 saturated carbocycles. The van der Waals surface area contributed by atoms with E-state index in [2.05, 4.69) is 20.6 Å². The SMILES string of the molecule is COCCCNC(=O)c1cc(Nc2ccc(Oc3ccccc3)cc2)nc(C)n1. The predicted molar refractivity (Wildman–Crippen MR) is 112 cm³/mol. The molecule has 1 heterocycles. The molecule has 0 radical (unpaired) electrons. The van der Waals surface area contributed by atoms with Gasteiger partial charge in [-0.05, 0) is 49.7 Å². The Morgan fingerprint density at radius 1 is 1.00 bits per heavy atom. The second-order valence-corrected chi connectivity index (χ2v) is 6.35. The summed E-state index contributed by atoms with van der Waals surface area (Å²) >= 11 is 0. The molecule has 7 nitrogen and oxygen atoms in total. The van der Waals surface area contributed by atoms with E-state index in [1.807, 2.05) is 54.6 Å². The van der Waals surface area contributed by atoms with Crippen molar-refractivity contribution in [3.8, 4) is 11.5 Å². The summed E-state index contributed by atoms with van der Waals surface area (Å²) in [6.45, 7) is 2.88. The van der Waals surface area contributed by atoms with Gasteiger partial charge in [0.2, 0.25) is 0 Å². The molecule has 0 bridgehead atoms. The minimum absolute atomic E-state index is 0.235. The van der Waals surface area contributed by atoms with Crippen molar-refractivity contribution >= 4 is 17.4 Å². The van der Waals surface area contributed by atoms with Crippen LogP contribution < -0.4 is 15.4 Å². The van der Waals surface area contributed by atoms with Crippen LogP contribution in [0.25, 0.3) is 0 Å². The zero-order valence-electron chi connectivity index (χ0n) is 16.5. The van der Waals surface area contributed by atoms with Crippen LogP contribution in [0.15, 0.2) is 60.7 Å². The van der Waals surface area contributed by atoms with E-state index < -0.39 is 0 Å². The van der Waals surface area contributed by atoms with Crippen LogP contribution in [0.2, 0.25) is 0 Å². The minimum atomic E-state index is -0.235. The van der Waals surface area contributed by atoms with Gasteiger partial charge in [-0.1, -0.05) is 18.2 Å². The quantitative estimate of drug-likeness (QED) is 0.534. The van der Waals surface area contributed by atoms with Gasteiger partial charge < -0.3 is 20.1 Å². The molecule has 7 heteroatoms. The van der Waals surface area contributed by atoms with E-state index in [4.69, 9.17) is 9.47 Å². The second kappa shape index (κ2) is 10.2. The molecule has 150 valence electrons. The zero-order valence-corrected chi connectivity index (χ0v) is 16.5. The lowest BCUT2D eigenvalue weighted by atomic mass is 10.3. The lowest BCUT2D eigenvalue weighted by Crippen LogP contribution is -2.26. The molecule has 0 unspecified atom stereocenters. The molecule has 1 aromatic heterocycles. The Hall–Kier alpha value is -3.45. The van der Waals surface area contributed by atoms with Gasteiger partial charge >= 0.3 is 0 Å². The maximum atomic E-state index is 12.3. The van der Waals surface area contributed by atoms with E-state index in [1.165, 1.54) is 0 Å². The number of hydrogen-bond donors (Lipinski definition) is 2. The van der Waals surface area contributed by atoms with Crippen LogP contribution in [0.3, 0.4) is 0 Å². The number of hydrogen-bond acceptors (Lipinski definition) is 6. The minimum Gasteiger partial charge on any atom is -0.457 e. The fraction of sp³-hybridized carbons (Fsp3) is 0.227. The highest BCUT2D eigenvalue weighted by atomic mass is 16.5. The number of amides is 1. The number of para-hydroxylation sites is 1. The van der Waals surface area contributed by atoms with Gasteiger partial charge in [0, 0.05) is 32.0 Å². The first kappa shape index (κ1) is 20.3. The Morgan fingerprint density at radius 2 is 1.72 bits per heavy atom. The third kappa shape index (κ3) is 6.29. The first-order valence-electron chi connectivity index (χ1n) is 9.37. The number of rotatable bonds is 9. The summed E-state index contributed by atoms with van der Waals surface area (Å²) in [7, 11) is 1.63. The number of nitrogens with one attached hydrogen (secondary N) is 2. The average molecular weight is 392 g/mol. The number of aromatic nitrogens is 2. The van der Waals surface area contributed by atoms with E-state index in [9.17, 15) is 4.79 Å². The summed E-state index contributed by atoms with van der Waals surface area (Å²) in [6.07, 6.45) is 0.745. The normalized spacial score (nSPS) is 10.4. The molecule has 0 aliphatic carbocycles. The number of nitrogens with zero attached hydrogens (tertiary/aromatic N) is 2. The molecule has 3 rings (SSSR count). The Morgan fingerprint density at radius 3 is 2.45 bits per heavy atom. The van der Waals surface area contributed by atoms with E-state index in [1.54, 1.807) is 20.1 Å². The third-order valence-corrected chi connectivity index (χ3v) is 3.99. The maximum absolute atomic E-state index is 12.3. The number of carbonyl (C=O) groups is 1. The molecular weight excluding hydrogens is 368 g/mol. The highest BCUT2D eigenvalue weighted by Gasteiger charge is 2.10. The zero-order chi connectivity index (χ0) is 20.5. The first-order chi connectivity index (χ1) is 14.1. The van der Waals surface area contributed by atoms with Crippen LogP contribution in [0, 0.1) is 6.92 Å². The van der Waals surface area contributed by atoms with Gasteiger partial charge in [-0.2, -0.15) is 0 Å². The van der Waals surface area contributed by atoms with Crippen molar-refractivity contribution in [2.45, 2.75) is 13.3 Å². The summed E-state index contributed by atoms with van der Waals surface area (Å²) in [4.78, 5) is 20.9. The Bertz CT molecular complexity index is 931. The van der Waals surface area contributed by atoms with Crippen molar-refractivity contribution in [3.05, 3.63) is 72.2 Å². The second-order valence-electron chi connectivity index (χ2n) is 6.35. The number of carbonyl (C=O) groups excluding carboxylic acids is 1. The van der Waals surface area contributed by atoms with E-state index >= 15 is 0 Å². The molecule has 0 saturated heterocycles. The van der Waals surface area contributed by atoms with Crippen molar-refractivity contribution < 1.29 is 14.3 Å². The van der Waals surface area contributed by atoms with Gasteiger partial charge in [0.15, 0.2) is 0 Å². The maximum Gasteiger partial charge on any atom is 0.270 e. The molecule has 0 spiro atoms. The van der Waals surface area contributed by atoms with Crippen molar-refractivity contribution in [1.29, 1.82) is 0 Å². The smallest absolute Gasteiger partial charge is 0.270 e. The van der Waals surface area contributed by atoms with Gasteiger partial charge in [0.25, 0.3) is 5.91 Å². The highest BCUT2D eigenvalue weighted by Crippen LogP contribution is 2.24. The standard InChI is InChI=1S/C22H24N4O3/c1-16-24-20(22(27)23-13-6-14-28-2)15-21(25-16)26-17-9-11-19(12-10-17)29-18-7-4-3-5-8-18/h3-5,7-12,15H,6,13-14H2,1-2H3,(H,23,27)(H,24,25,26). The van der Waals surface area contributed by atoms with Crippen molar-refractivity contribution in [1.82, 2.24) is 15.3 Å². The van der Waals surface area contributed by atoms with E-state index in [0.717, 1.165) is 23.6 Å². The molecule has 2 aromatic carbocycles. The molecule has 0 fully saturated rings. The summed E-state index contributed by atoms with van der Waals surface area (Å²) in [5, 5.41) is 6.03. The summed E-state index contributed by atoms with van der Waals surface area (Å²) in [5.41, 5.74) is 1.15. The molecule has 0 atom stereocenters. The fourth-order valence-corrected chi connectivity index (χ4v) is 2.64. The Balaban J connectivity index is 1.63. The summed E-state index contributed by atoms with van der Waals surface area (Å²) in [6, 6.07) is 18.7. The van der Waals surface area contributed by atoms with Gasteiger partial charge in [-0.15, -0.1) is 0 Å². The van der Waals surface area contributed by atoms with Gasteiger partial charge in [-0.3, -0.25) is 4.79 Å². The molecule has 3 aromatic rings. The van der Waals surface area contributed by atoms with Crippen LogP contribution in [0.4, 0.5) is 11.5 Å². The van der Waals surface area contributed by atoms with Crippen LogP contribution in [-0.4, -0.2) is 36.1 Å². The van der Waals surface area contributed by atoms with Crippen LogP contribution in [-0.2, 0) is 4.74 Å². The van der Waals surface area contributed by atoms with Crippen LogP contribution in [0.1, 0.15) is 22.7 Å². The Labute approximate surface area is 170 Å². The number of methoxy groups -OCH3 is 1. The lowest BCUT2D eigenvalue weighted by Gasteiger charge is -2.10.